The van der Waals surface area contributed by atoms with E-state index in [1.165, 1.54) is 0 Å². The lowest BCUT2D eigenvalue weighted by Gasteiger charge is -2.42. The summed E-state index contributed by atoms with van der Waals surface area (Å²) in [7, 11) is 0. The van der Waals surface area contributed by atoms with E-state index in [-0.39, 0.29) is 5.78 Å². The fraction of sp³-hybridized carbons (Fsp3) is 0.900. The summed E-state index contributed by atoms with van der Waals surface area (Å²) in [5, 5.41) is 10.2. The lowest BCUT2D eigenvalue weighted by atomic mass is 9.66. The van der Waals surface area contributed by atoms with E-state index in [0.717, 1.165) is 25.7 Å². The van der Waals surface area contributed by atoms with Gasteiger partial charge in [0.2, 0.25) is 0 Å². The van der Waals surface area contributed by atoms with Gasteiger partial charge in [0.05, 0.1) is 11.0 Å². The van der Waals surface area contributed by atoms with E-state index in [1.807, 2.05) is 6.92 Å². The number of ketones is 1. The van der Waals surface area contributed by atoms with Crippen LogP contribution in [0, 0.1) is 5.41 Å². The zero-order valence-corrected chi connectivity index (χ0v) is 7.60. The van der Waals surface area contributed by atoms with E-state index in [1.54, 1.807) is 0 Å². The van der Waals surface area contributed by atoms with Gasteiger partial charge in [-0.15, -0.1) is 0 Å². The van der Waals surface area contributed by atoms with E-state index in [0.29, 0.717) is 12.8 Å². The maximum atomic E-state index is 11.6. The molecule has 0 unspecified atom stereocenters. The highest BCUT2D eigenvalue weighted by Gasteiger charge is 2.56. The van der Waals surface area contributed by atoms with E-state index >= 15 is 0 Å². The Labute approximate surface area is 73.0 Å². The molecule has 0 radical (unpaired) electrons. The molecule has 0 aromatic carbocycles. The van der Waals surface area contributed by atoms with Crippen molar-refractivity contribution in [3.63, 3.8) is 0 Å². The molecule has 2 nitrogen and oxygen atoms in total. The van der Waals surface area contributed by atoms with Crippen LogP contribution in [0.3, 0.4) is 0 Å². The molecular weight excluding hydrogens is 152 g/mol. The summed E-state index contributed by atoms with van der Waals surface area (Å²) < 4.78 is 0. The molecule has 68 valence electrons. The van der Waals surface area contributed by atoms with E-state index in [2.05, 4.69) is 0 Å². The van der Waals surface area contributed by atoms with Crippen molar-refractivity contribution in [3.05, 3.63) is 0 Å². The van der Waals surface area contributed by atoms with Crippen LogP contribution in [0.25, 0.3) is 0 Å². The van der Waals surface area contributed by atoms with E-state index in [9.17, 15) is 9.90 Å². The molecule has 0 spiro atoms. The second-order valence-corrected chi connectivity index (χ2v) is 4.49. The molecule has 0 aromatic heterocycles. The molecule has 1 N–H and O–H groups in total. The fourth-order valence-corrected chi connectivity index (χ4v) is 2.80. The molecule has 0 heterocycles. The van der Waals surface area contributed by atoms with Gasteiger partial charge in [-0.05, 0) is 26.2 Å². The predicted octanol–water partition coefficient (Wildman–Crippen LogP) is 1.66. The Morgan fingerprint density at radius 3 is 2.58 bits per heavy atom. The first-order chi connectivity index (χ1) is 5.58. The second-order valence-electron chi connectivity index (χ2n) is 4.49. The van der Waals surface area contributed by atoms with E-state index in [4.69, 9.17) is 0 Å². The Bertz CT molecular complexity index is 224. The molecule has 2 fully saturated rings. The summed E-state index contributed by atoms with van der Waals surface area (Å²) in [5.41, 5.74) is -1.05. The Hall–Kier alpha value is -0.370. The standard InChI is InChI=1S/C10H16O2/c1-9-5-2-3-6-10(9,12)7-4-8(9)11/h12H,2-7H2,1H3/t9-,10-/m0/s1. The smallest absolute Gasteiger partial charge is 0.141 e. The highest BCUT2D eigenvalue weighted by Crippen LogP contribution is 2.52. The van der Waals surface area contributed by atoms with Crippen molar-refractivity contribution in [2.45, 2.75) is 51.0 Å². The number of rotatable bonds is 0. The van der Waals surface area contributed by atoms with Crippen LogP contribution in [0.5, 0.6) is 0 Å². The summed E-state index contributed by atoms with van der Waals surface area (Å²) in [4.78, 5) is 11.6. The van der Waals surface area contributed by atoms with Crippen molar-refractivity contribution in [1.82, 2.24) is 0 Å². The van der Waals surface area contributed by atoms with E-state index < -0.39 is 11.0 Å². The molecule has 2 rings (SSSR count). The molecule has 2 heteroatoms. The lowest BCUT2D eigenvalue weighted by molar-refractivity contribution is -0.140. The van der Waals surface area contributed by atoms with Crippen molar-refractivity contribution in [3.8, 4) is 0 Å². The van der Waals surface area contributed by atoms with Crippen molar-refractivity contribution in [2.24, 2.45) is 5.41 Å². The number of hydrogen-bond donors (Lipinski definition) is 1. The number of aliphatic hydroxyl groups is 1. The van der Waals surface area contributed by atoms with Gasteiger partial charge >= 0.3 is 0 Å². The molecule has 0 amide bonds. The Morgan fingerprint density at radius 2 is 1.92 bits per heavy atom. The van der Waals surface area contributed by atoms with Crippen LogP contribution in [0.2, 0.25) is 0 Å². The van der Waals surface area contributed by atoms with Crippen LogP contribution in [0.4, 0.5) is 0 Å². The van der Waals surface area contributed by atoms with Gasteiger partial charge < -0.3 is 5.11 Å². The SMILES string of the molecule is C[C@@]12CCCC[C@]1(O)CCC2=O. The van der Waals surface area contributed by atoms with Gasteiger partial charge in [0.1, 0.15) is 5.78 Å². The summed E-state index contributed by atoms with van der Waals surface area (Å²) in [6.45, 7) is 1.95. The first kappa shape index (κ1) is 8.24. The van der Waals surface area contributed by atoms with Crippen LogP contribution in [-0.4, -0.2) is 16.5 Å². The van der Waals surface area contributed by atoms with Crippen LogP contribution < -0.4 is 0 Å². The summed E-state index contributed by atoms with van der Waals surface area (Å²) in [6.07, 6.45) is 5.19. The molecule has 0 aliphatic heterocycles. The topological polar surface area (TPSA) is 37.3 Å². The molecule has 2 aliphatic carbocycles. The summed E-state index contributed by atoms with van der Waals surface area (Å²) >= 11 is 0. The van der Waals surface area contributed by atoms with Crippen LogP contribution in [-0.2, 0) is 4.79 Å². The molecule has 0 saturated heterocycles. The molecule has 2 aliphatic rings. The Morgan fingerprint density at radius 1 is 1.25 bits per heavy atom. The zero-order chi connectivity index (χ0) is 8.82. The fourth-order valence-electron chi connectivity index (χ4n) is 2.80. The number of carbonyl (C=O) groups excluding carboxylic acids is 1. The molecule has 0 aromatic rings. The third kappa shape index (κ3) is 0.817. The number of Topliss-reactive ketones (excluding diaryl/α,β-unsaturated/α-hetero) is 1. The summed E-state index contributed by atoms with van der Waals surface area (Å²) in [6, 6.07) is 0. The highest BCUT2D eigenvalue weighted by atomic mass is 16.3. The van der Waals surface area contributed by atoms with Crippen LogP contribution in [0.15, 0.2) is 0 Å². The lowest BCUT2D eigenvalue weighted by Crippen LogP contribution is -2.47. The minimum Gasteiger partial charge on any atom is -0.389 e. The largest absolute Gasteiger partial charge is 0.389 e. The normalized spacial score (nSPS) is 47.7. The van der Waals surface area contributed by atoms with Crippen LogP contribution in [0.1, 0.15) is 45.4 Å². The van der Waals surface area contributed by atoms with Gasteiger partial charge in [-0.25, -0.2) is 0 Å². The van der Waals surface area contributed by atoms with Crippen molar-refractivity contribution in [1.29, 1.82) is 0 Å². The molecule has 12 heavy (non-hydrogen) atoms. The van der Waals surface area contributed by atoms with Crippen LogP contribution >= 0.6 is 0 Å². The van der Waals surface area contributed by atoms with Gasteiger partial charge in [0.15, 0.2) is 0 Å². The zero-order valence-electron chi connectivity index (χ0n) is 7.60. The first-order valence-electron chi connectivity index (χ1n) is 4.84. The predicted molar refractivity (Wildman–Crippen MR) is 45.8 cm³/mol. The molecule has 2 atom stereocenters. The maximum absolute atomic E-state index is 11.6. The third-order valence-electron chi connectivity index (χ3n) is 3.93. The highest BCUT2D eigenvalue weighted by molar-refractivity contribution is 5.88. The summed E-state index contributed by atoms with van der Waals surface area (Å²) in [5.74, 6) is 0.282. The van der Waals surface area contributed by atoms with Gasteiger partial charge in [0.25, 0.3) is 0 Å². The third-order valence-corrected chi connectivity index (χ3v) is 3.93. The molecule has 2 saturated carbocycles. The first-order valence-corrected chi connectivity index (χ1v) is 4.84. The van der Waals surface area contributed by atoms with Gasteiger partial charge in [-0.1, -0.05) is 12.8 Å². The van der Waals surface area contributed by atoms with Gasteiger partial charge in [0, 0.05) is 6.42 Å². The minimum atomic E-state index is -0.650. The van der Waals surface area contributed by atoms with Crippen molar-refractivity contribution in [2.75, 3.05) is 0 Å². The Balaban J connectivity index is 2.35. The Kier molecular flexibility index (Phi) is 1.59. The van der Waals surface area contributed by atoms with Crippen molar-refractivity contribution < 1.29 is 9.90 Å². The number of carbonyl (C=O) groups is 1. The molecular formula is C10H16O2. The minimum absolute atomic E-state index is 0.282. The monoisotopic (exact) mass is 168 g/mol. The average Bonchev–Trinajstić information content (AvgIpc) is 2.28. The van der Waals surface area contributed by atoms with Gasteiger partial charge in [-0.2, -0.15) is 0 Å². The average molecular weight is 168 g/mol. The number of fused-ring (bicyclic) bond motifs is 1. The van der Waals surface area contributed by atoms with Gasteiger partial charge in [-0.3, -0.25) is 4.79 Å². The second kappa shape index (κ2) is 2.32. The maximum Gasteiger partial charge on any atom is 0.141 e. The van der Waals surface area contributed by atoms with Crippen molar-refractivity contribution >= 4 is 5.78 Å². The number of hydrogen-bond acceptors (Lipinski definition) is 2. The molecule has 0 bridgehead atoms. The quantitative estimate of drug-likeness (QED) is 0.597.